The minimum absolute atomic E-state index is 0.218. The topological polar surface area (TPSA) is 62.4 Å². The molecule has 1 amide bonds. The van der Waals surface area contributed by atoms with E-state index in [1.807, 2.05) is 0 Å². The van der Waals surface area contributed by atoms with Crippen molar-refractivity contribution in [1.82, 2.24) is 9.88 Å². The van der Waals surface area contributed by atoms with Gasteiger partial charge in [0.05, 0.1) is 6.54 Å². The first-order valence-electron chi connectivity index (χ1n) is 6.39. The fraction of sp³-hybridized carbons (Fsp3) is 0.200. The van der Waals surface area contributed by atoms with E-state index in [0.29, 0.717) is 12.3 Å². The zero-order chi connectivity index (χ0) is 15.2. The van der Waals surface area contributed by atoms with Crippen molar-refractivity contribution < 1.29 is 13.9 Å². The number of amides is 1. The molecule has 0 unspecified atom stereocenters. The molecular weight excluding hydrogens is 275 g/mol. The number of aromatic amines is 1. The fourth-order valence-corrected chi connectivity index (χ4v) is 1.74. The van der Waals surface area contributed by atoms with Crippen molar-refractivity contribution in [2.45, 2.75) is 0 Å². The number of carbonyl (C=O) groups excluding carboxylic acids is 1. The van der Waals surface area contributed by atoms with Gasteiger partial charge in [-0.3, -0.25) is 9.59 Å². The van der Waals surface area contributed by atoms with Crippen LogP contribution >= 0.6 is 0 Å². The van der Waals surface area contributed by atoms with Crippen LogP contribution in [0.25, 0.3) is 0 Å². The number of H-pyrrole nitrogens is 1. The van der Waals surface area contributed by atoms with Crippen LogP contribution < -0.4 is 10.3 Å². The second-order valence-corrected chi connectivity index (χ2v) is 4.46. The maximum atomic E-state index is 13.0. The van der Waals surface area contributed by atoms with Crippen molar-refractivity contribution in [1.29, 1.82) is 0 Å². The number of nitrogens with one attached hydrogen (secondary N) is 1. The molecule has 2 rings (SSSR count). The normalized spacial score (nSPS) is 10.2. The van der Waals surface area contributed by atoms with Gasteiger partial charge in [0.15, 0.2) is 0 Å². The van der Waals surface area contributed by atoms with Crippen LogP contribution in [0.1, 0.15) is 10.5 Å². The van der Waals surface area contributed by atoms with Crippen LogP contribution in [-0.2, 0) is 0 Å². The summed E-state index contributed by atoms with van der Waals surface area (Å²) in [6, 6.07) is 10.2. The summed E-state index contributed by atoms with van der Waals surface area (Å²) < 4.78 is 18.3. The van der Waals surface area contributed by atoms with E-state index < -0.39 is 0 Å². The minimum atomic E-state index is -0.376. The SMILES string of the molecule is CN(CCOc1cccc(F)c1)C(=O)c1cccc(=O)[nH]1. The highest BCUT2D eigenvalue weighted by Gasteiger charge is 2.12. The molecule has 0 bridgehead atoms. The number of pyridine rings is 1. The third-order valence-electron chi connectivity index (χ3n) is 2.84. The first kappa shape index (κ1) is 14.8. The van der Waals surface area contributed by atoms with Gasteiger partial charge in [-0.1, -0.05) is 12.1 Å². The number of likely N-dealkylation sites (N-methyl/N-ethyl adjacent to an activating group) is 1. The number of nitrogens with zero attached hydrogens (tertiary/aromatic N) is 1. The van der Waals surface area contributed by atoms with Gasteiger partial charge in [0.1, 0.15) is 23.9 Å². The Morgan fingerprint density at radius 1 is 1.29 bits per heavy atom. The Labute approximate surface area is 121 Å². The Hall–Kier alpha value is -2.63. The molecular formula is C15H15FN2O3. The lowest BCUT2D eigenvalue weighted by Gasteiger charge is -2.17. The Bertz CT molecular complexity index is 684. The lowest BCUT2D eigenvalue weighted by atomic mass is 10.3. The Balaban J connectivity index is 1.88. The average Bonchev–Trinajstić information content (AvgIpc) is 2.46. The number of carbonyl (C=O) groups is 1. The summed E-state index contributed by atoms with van der Waals surface area (Å²) in [6.45, 7) is 0.537. The quantitative estimate of drug-likeness (QED) is 0.911. The summed E-state index contributed by atoms with van der Waals surface area (Å²) in [5, 5.41) is 0. The van der Waals surface area contributed by atoms with E-state index in [2.05, 4.69) is 4.98 Å². The van der Waals surface area contributed by atoms with E-state index in [9.17, 15) is 14.0 Å². The predicted octanol–water partition coefficient (Wildman–Crippen LogP) is 1.66. The summed E-state index contributed by atoms with van der Waals surface area (Å²) in [4.78, 5) is 27.1. The first-order chi connectivity index (χ1) is 10.1. The molecule has 0 aliphatic heterocycles. The van der Waals surface area contributed by atoms with E-state index >= 15 is 0 Å². The van der Waals surface area contributed by atoms with Crippen LogP contribution in [0.4, 0.5) is 4.39 Å². The van der Waals surface area contributed by atoms with Gasteiger partial charge in [-0.25, -0.2) is 4.39 Å². The highest BCUT2D eigenvalue weighted by Crippen LogP contribution is 2.11. The molecule has 0 aliphatic rings. The molecule has 0 aliphatic carbocycles. The second-order valence-electron chi connectivity index (χ2n) is 4.46. The molecule has 1 heterocycles. The molecule has 110 valence electrons. The molecule has 21 heavy (non-hydrogen) atoms. The maximum absolute atomic E-state index is 13.0. The van der Waals surface area contributed by atoms with E-state index in [1.54, 1.807) is 19.2 Å². The first-order valence-corrected chi connectivity index (χ1v) is 6.39. The molecule has 0 saturated heterocycles. The van der Waals surface area contributed by atoms with Crippen molar-refractivity contribution in [2.24, 2.45) is 0 Å². The highest BCUT2D eigenvalue weighted by molar-refractivity contribution is 5.91. The second kappa shape index (κ2) is 6.69. The monoisotopic (exact) mass is 290 g/mol. The summed E-state index contributed by atoms with van der Waals surface area (Å²) in [6.07, 6.45) is 0. The molecule has 6 heteroatoms. The van der Waals surface area contributed by atoms with Crippen molar-refractivity contribution in [3.8, 4) is 5.75 Å². The number of hydrogen-bond acceptors (Lipinski definition) is 3. The van der Waals surface area contributed by atoms with E-state index in [-0.39, 0.29) is 29.6 Å². The summed E-state index contributed by atoms with van der Waals surface area (Å²) in [7, 11) is 1.60. The van der Waals surface area contributed by atoms with Gasteiger partial charge in [-0.15, -0.1) is 0 Å². The summed E-state index contributed by atoms with van der Waals surface area (Å²) >= 11 is 0. The van der Waals surface area contributed by atoms with Gasteiger partial charge in [0.25, 0.3) is 5.91 Å². The molecule has 0 fully saturated rings. The highest BCUT2D eigenvalue weighted by atomic mass is 19.1. The number of rotatable bonds is 5. The van der Waals surface area contributed by atoms with Gasteiger partial charge >= 0.3 is 0 Å². The van der Waals surface area contributed by atoms with Gasteiger partial charge in [0, 0.05) is 19.2 Å². The number of hydrogen-bond donors (Lipinski definition) is 1. The Kier molecular flexibility index (Phi) is 4.71. The number of aromatic nitrogens is 1. The van der Waals surface area contributed by atoms with Gasteiger partial charge < -0.3 is 14.6 Å². The molecule has 1 N–H and O–H groups in total. The minimum Gasteiger partial charge on any atom is -0.492 e. The molecule has 0 radical (unpaired) electrons. The van der Waals surface area contributed by atoms with Gasteiger partial charge in [-0.2, -0.15) is 0 Å². The lowest BCUT2D eigenvalue weighted by Crippen LogP contribution is -2.32. The Morgan fingerprint density at radius 2 is 2.05 bits per heavy atom. The zero-order valence-corrected chi connectivity index (χ0v) is 11.5. The molecule has 1 aromatic carbocycles. The molecule has 0 atom stereocenters. The molecule has 2 aromatic rings. The molecule has 0 saturated carbocycles. The van der Waals surface area contributed by atoms with Gasteiger partial charge in [-0.05, 0) is 18.2 Å². The average molecular weight is 290 g/mol. The molecule has 5 nitrogen and oxygen atoms in total. The van der Waals surface area contributed by atoms with Crippen LogP contribution in [0.2, 0.25) is 0 Å². The number of halogens is 1. The van der Waals surface area contributed by atoms with Crippen molar-refractivity contribution in [3.63, 3.8) is 0 Å². The third kappa shape index (κ3) is 4.17. The molecule has 1 aromatic heterocycles. The fourth-order valence-electron chi connectivity index (χ4n) is 1.74. The Morgan fingerprint density at radius 3 is 2.76 bits per heavy atom. The van der Waals surface area contributed by atoms with Crippen molar-refractivity contribution in [2.75, 3.05) is 20.2 Å². The van der Waals surface area contributed by atoms with Gasteiger partial charge in [0.2, 0.25) is 5.56 Å². The summed E-state index contributed by atoms with van der Waals surface area (Å²) in [5.41, 5.74) is -0.110. The van der Waals surface area contributed by atoms with Crippen molar-refractivity contribution in [3.05, 3.63) is 64.3 Å². The van der Waals surface area contributed by atoms with Crippen LogP contribution in [0.5, 0.6) is 5.75 Å². The van der Waals surface area contributed by atoms with Crippen LogP contribution in [0, 0.1) is 5.82 Å². The standard InChI is InChI=1S/C15H15FN2O3/c1-18(15(20)13-6-3-7-14(19)17-13)8-9-21-12-5-2-4-11(16)10-12/h2-7,10H,8-9H2,1H3,(H,17,19). The van der Waals surface area contributed by atoms with E-state index in [0.717, 1.165) is 0 Å². The molecule has 0 spiro atoms. The predicted molar refractivity (Wildman–Crippen MR) is 75.9 cm³/mol. The van der Waals surface area contributed by atoms with Crippen LogP contribution in [-0.4, -0.2) is 36.0 Å². The maximum Gasteiger partial charge on any atom is 0.270 e. The lowest BCUT2D eigenvalue weighted by molar-refractivity contribution is 0.0767. The van der Waals surface area contributed by atoms with E-state index in [1.165, 1.54) is 35.2 Å². The van der Waals surface area contributed by atoms with E-state index in [4.69, 9.17) is 4.74 Å². The largest absolute Gasteiger partial charge is 0.492 e. The number of benzene rings is 1. The van der Waals surface area contributed by atoms with Crippen LogP contribution in [0.3, 0.4) is 0 Å². The third-order valence-corrected chi connectivity index (χ3v) is 2.84. The number of ether oxygens (including phenoxy) is 1. The zero-order valence-electron chi connectivity index (χ0n) is 11.5. The summed E-state index contributed by atoms with van der Waals surface area (Å²) in [5.74, 6) is -0.279. The van der Waals surface area contributed by atoms with Crippen LogP contribution in [0.15, 0.2) is 47.3 Å². The van der Waals surface area contributed by atoms with Crippen molar-refractivity contribution >= 4 is 5.91 Å². The smallest absolute Gasteiger partial charge is 0.270 e.